The molecule has 0 saturated carbocycles. The van der Waals surface area contributed by atoms with Crippen molar-refractivity contribution in [3.8, 4) is 11.4 Å². The molecule has 0 radical (unpaired) electrons. The van der Waals surface area contributed by atoms with Gasteiger partial charge in [-0.1, -0.05) is 23.5 Å². The van der Waals surface area contributed by atoms with Gasteiger partial charge in [-0.25, -0.2) is 9.79 Å². The van der Waals surface area contributed by atoms with Crippen LogP contribution in [0.3, 0.4) is 0 Å². The van der Waals surface area contributed by atoms with Crippen LogP contribution in [-0.2, 0) is 9.53 Å². The lowest BCUT2D eigenvalue weighted by Crippen LogP contribution is -2.40. The van der Waals surface area contributed by atoms with E-state index in [1.807, 2.05) is 44.4 Å². The van der Waals surface area contributed by atoms with Crippen LogP contribution in [0, 0.1) is 13.8 Å². The topological polar surface area (TPSA) is 78.1 Å². The van der Waals surface area contributed by atoms with Crippen molar-refractivity contribution >= 4 is 29.1 Å². The lowest BCUT2D eigenvalue weighted by molar-refractivity contribution is -0.143. The number of esters is 1. The largest absolute Gasteiger partial charge is 0.497 e. The highest BCUT2D eigenvalue weighted by Crippen LogP contribution is 2.32. The zero-order chi connectivity index (χ0) is 30.3. The summed E-state index contributed by atoms with van der Waals surface area (Å²) in [6, 6.07) is 17.2. The Morgan fingerprint density at radius 2 is 1.71 bits per heavy atom. The van der Waals surface area contributed by atoms with Gasteiger partial charge in [0.1, 0.15) is 5.75 Å². The van der Waals surface area contributed by atoms with Gasteiger partial charge in [-0.05, 0) is 94.3 Å². The molecule has 4 aromatic rings. The monoisotopic (exact) mass is 584 g/mol. The van der Waals surface area contributed by atoms with Crippen LogP contribution < -0.4 is 24.5 Å². The number of rotatable bonds is 7. The smallest absolute Gasteiger partial charge is 0.338 e. The van der Waals surface area contributed by atoms with E-state index < -0.39 is 12.0 Å². The normalized spacial score (nSPS) is 15.1. The predicted octanol–water partition coefficient (Wildman–Crippen LogP) is 4.67. The van der Waals surface area contributed by atoms with Gasteiger partial charge < -0.3 is 18.9 Å². The molecule has 2 aromatic carbocycles. The minimum Gasteiger partial charge on any atom is -0.497 e. The number of hydrogen-bond donors (Lipinski definition) is 0. The van der Waals surface area contributed by atoms with E-state index in [1.165, 1.54) is 11.3 Å². The number of ether oxygens (including phenoxy) is 2. The van der Waals surface area contributed by atoms with E-state index in [4.69, 9.17) is 14.5 Å². The Labute approximate surface area is 249 Å². The molecule has 3 heterocycles. The number of allylic oxidation sites excluding steroid dienone is 1. The van der Waals surface area contributed by atoms with Gasteiger partial charge in [0, 0.05) is 36.9 Å². The van der Waals surface area contributed by atoms with Crippen molar-refractivity contribution < 1.29 is 14.3 Å². The maximum absolute atomic E-state index is 14.1. The molecule has 2 aromatic heterocycles. The van der Waals surface area contributed by atoms with Crippen molar-refractivity contribution in [3.05, 3.63) is 108 Å². The second kappa shape index (κ2) is 11.5. The molecule has 0 saturated heterocycles. The quantitative estimate of drug-likeness (QED) is 0.295. The van der Waals surface area contributed by atoms with Crippen molar-refractivity contribution in [1.82, 2.24) is 9.13 Å². The van der Waals surface area contributed by atoms with Gasteiger partial charge in [0.2, 0.25) is 0 Å². The number of carbonyl (C=O) groups excluding carboxylic acids is 1. The minimum atomic E-state index is -0.678. The van der Waals surface area contributed by atoms with Crippen molar-refractivity contribution in [3.63, 3.8) is 0 Å². The number of nitrogens with zero attached hydrogens (tertiary/aromatic N) is 4. The maximum atomic E-state index is 14.1. The summed E-state index contributed by atoms with van der Waals surface area (Å²) in [4.78, 5) is 34.7. The van der Waals surface area contributed by atoms with Crippen LogP contribution in [-0.4, -0.2) is 42.4 Å². The molecule has 42 heavy (non-hydrogen) atoms. The van der Waals surface area contributed by atoms with E-state index in [1.54, 1.807) is 32.4 Å². The average molecular weight is 585 g/mol. The van der Waals surface area contributed by atoms with E-state index in [-0.39, 0.29) is 11.7 Å². The number of aryl methyl sites for hydroxylation is 1. The van der Waals surface area contributed by atoms with E-state index in [2.05, 4.69) is 53.6 Å². The minimum absolute atomic E-state index is 0.206. The first-order valence-electron chi connectivity index (χ1n) is 13.8. The summed E-state index contributed by atoms with van der Waals surface area (Å²) in [7, 11) is 5.64. The summed E-state index contributed by atoms with van der Waals surface area (Å²) in [5.41, 5.74) is 6.68. The summed E-state index contributed by atoms with van der Waals surface area (Å²) in [5.74, 6) is 0.204. The molecule has 0 unspecified atom stereocenters. The van der Waals surface area contributed by atoms with Gasteiger partial charge in [0.15, 0.2) is 4.80 Å². The van der Waals surface area contributed by atoms with Gasteiger partial charge in [-0.2, -0.15) is 0 Å². The van der Waals surface area contributed by atoms with Crippen LogP contribution in [0.25, 0.3) is 11.8 Å². The van der Waals surface area contributed by atoms with Gasteiger partial charge in [-0.3, -0.25) is 9.36 Å². The van der Waals surface area contributed by atoms with Crippen LogP contribution in [0.1, 0.15) is 49.3 Å². The summed E-state index contributed by atoms with van der Waals surface area (Å²) in [6.07, 6.45) is 1.61. The number of benzene rings is 2. The number of fused-ring (bicyclic) bond motifs is 1. The Balaban J connectivity index is 1.65. The third-order valence-corrected chi connectivity index (χ3v) is 8.38. The molecule has 8 nitrogen and oxygen atoms in total. The SMILES string of the molecule is COc1ccc([C@H]2C(C(=O)OC(C)C)=C(C)N=c3s/c(=C/c4cc(C)n(-c5ccc(N(C)C)cc5)c4C)c(=O)n32)cc1. The molecular weight excluding hydrogens is 548 g/mol. The first kappa shape index (κ1) is 29.1. The molecule has 9 heteroatoms. The van der Waals surface area contributed by atoms with Crippen molar-refractivity contribution in [2.45, 2.75) is 46.8 Å². The van der Waals surface area contributed by atoms with Crippen LogP contribution in [0.5, 0.6) is 5.75 Å². The van der Waals surface area contributed by atoms with Crippen LogP contribution >= 0.6 is 11.3 Å². The standard InChI is InChI=1S/C33H36N4O4S/c1-19(2)41-32(39)29-21(4)34-33-37(30(29)23-9-15-27(40-8)16-10-23)31(38)28(42-33)18-24-17-20(3)36(22(24)5)26-13-11-25(12-14-26)35(6)7/h9-19,30H,1-8H3/b28-18+/t30-/m0/s1. The first-order chi connectivity index (χ1) is 20.0. The summed E-state index contributed by atoms with van der Waals surface area (Å²) < 4.78 is 15.3. The van der Waals surface area contributed by atoms with E-state index in [0.29, 0.717) is 26.4 Å². The lowest BCUT2D eigenvalue weighted by Gasteiger charge is -2.25. The van der Waals surface area contributed by atoms with Crippen molar-refractivity contribution in [2.75, 3.05) is 26.1 Å². The molecule has 0 bridgehead atoms. The molecule has 5 rings (SSSR count). The molecule has 1 aliphatic heterocycles. The third kappa shape index (κ3) is 5.32. The number of anilines is 1. The average Bonchev–Trinajstić information content (AvgIpc) is 3.41. The fourth-order valence-corrected chi connectivity index (χ4v) is 6.37. The third-order valence-electron chi connectivity index (χ3n) is 7.40. The Kier molecular flexibility index (Phi) is 7.97. The van der Waals surface area contributed by atoms with Crippen LogP contribution in [0.2, 0.25) is 0 Å². The summed E-state index contributed by atoms with van der Waals surface area (Å²) >= 11 is 1.32. The van der Waals surface area contributed by atoms with Crippen molar-refractivity contribution in [1.29, 1.82) is 0 Å². The number of carbonyl (C=O) groups is 1. The Hall–Kier alpha value is -4.37. The Bertz CT molecular complexity index is 1860. The summed E-state index contributed by atoms with van der Waals surface area (Å²) in [5, 5.41) is 0. The fraction of sp³-hybridized carbons (Fsp3) is 0.303. The maximum Gasteiger partial charge on any atom is 0.338 e. The van der Waals surface area contributed by atoms with Crippen LogP contribution in [0.15, 0.2) is 75.7 Å². The summed E-state index contributed by atoms with van der Waals surface area (Å²) in [6.45, 7) is 9.52. The van der Waals surface area contributed by atoms with Gasteiger partial charge in [-0.15, -0.1) is 0 Å². The molecule has 0 spiro atoms. The molecule has 1 atom stereocenters. The second-order valence-corrected chi connectivity index (χ2v) is 11.9. The highest BCUT2D eigenvalue weighted by molar-refractivity contribution is 7.07. The Morgan fingerprint density at radius 3 is 2.31 bits per heavy atom. The first-order valence-corrected chi connectivity index (χ1v) is 14.7. The molecule has 0 amide bonds. The van der Waals surface area contributed by atoms with E-state index >= 15 is 0 Å². The highest BCUT2D eigenvalue weighted by Gasteiger charge is 2.33. The fourth-order valence-electron chi connectivity index (χ4n) is 5.33. The zero-order valence-corrected chi connectivity index (χ0v) is 26.1. The van der Waals surface area contributed by atoms with Crippen LogP contribution in [0.4, 0.5) is 5.69 Å². The highest BCUT2D eigenvalue weighted by atomic mass is 32.1. The van der Waals surface area contributed by atoms with Crippen molar-refractivity contribution in [2.24, 2.45) is 4.99 Å². The molecular formula is C33H36N4O4S. The molecule has 0 N–H and O–H groups in total. The van der Waals surface area contributed by atoms with E-state index in [0.717, 1.165) is 33.9 Å². The molecule has 0 fully saturated rings. The molecule has 0 aliphatic carbocycles. The molecule has 218 valence electrons. The Morgan fingerprint density at radius 1 is 1.05 bits per heavy atom. The number of aromatic nitrogens is 2. The predicted molar refractivity (Wildman–Crippen MR) is 168 cm³/mol. The number of thiazole rings is 1. The van der Waals surface area contributed by atoms with E-state index in [9.17, 15) is 9.59 Å². The van der Waals surface area contributed by atoms with Gasteiger partial charge in [0.25, 0.3) is 5.56 Å². The zero-order valence-electron chi connectivity index (χ0n) is 25.3. The number of methoxy groups -OCH3 is 1. The van der Waals surface area contributed by atoms with Gasteiger partial charge in [0.05, 0.1) is 35.1 Å². The number of hydrogen-bond acceptors (Lipinski definition) is 7. The lowest BCUT2D eigenvalue weighted by atomic mass is 9.96. The molecule has 1 aliphatic rings. The second-order valence-electron chi connectivity index (χ2n) is 10.9. The van der Waals surface area contributed by atoms with Gasteiger partial charge >= 0.3 is 5.97 Å².